The Morgan fingerprint density at radius 3 is 2.80 bits per heavy atom. The molecule has 0 amide bonds. The summed E-state index contributed by atoms with van der Waals surface area (Å²) in [6.07, 6.45) is 4.31. The number of pyridine rings is 1. The van der Waals surface area contributed by atoms with Crippen molar-refractivity contribution in [2.75, 3.05) is 18.8 Å². The minimum Gasteiger partial charge on any atom is -0.477 e. The zero-order valence-corrected chi connectivity index (χ0v) is 13.4. The molecule has 9 heteroatoms. The average Bonchev–Trinajstić information content (AvgIpc) is 2.98. The molecule has 0 saturated carbocycles. The van der Waals surface area contributed by atoms with Gasteiger partial charge in [0, 0.05) is 19.4 Å². The van der Waals surface area contributed by atoms with Crippen molar-refractivity contribution >= 4 is 16.9 Å². The van der Waals surface area contributed by atoms with Gasteiger partial charge in [0.25, 0.3) is 0 Å². The molecule has 0 radical (unpaired) electrons. The first kappa shape index (κ1) is 15.2. The van der Waals surface area contributed by atoms with Crippen LogP contribution in [0.5, 0.6) is 5.75 Å². The Morgan fingerprint density at radius 1 is 1.40 bits per heavy atom. The molecule has 0 atom stereocenters. The van der Waals surface area contributed by atoms with Crippen molar-refractivity contribution in [3.63, 3.8) is 0 Å². The van der Waals surface area contributed by atoms with Crippen molar-refractivity contribution in [2.24, 2.45) is 0 Å². The lowest BCUT2D eigenvalue weighted by molar-refractivity contribution is 0.0694. The highest BCUT2D eigenvalue weighted by molar-refractivity contribution is 5.96. The molecule has 0 fully saturated rings. The van der Waals surface area contributed by atoms with Gasteiger partial charge in [-0.1, -0.05) is 0 Å². The van der Waals surface area contributed by atoms with Crippen LogP contribution in [0.1, 0.15) is 16.1 Å². The summed E-state index contributed by atoms with van der Waals surface area (Å²) in [5.74, 6) is -1.90. The molecule has 1 aromatic carbocycles. The van der Waals surface area contributed by atoms with E-state index in [1.54, 1.807) is 25.2 Å². The molecule has 0 bridgehead atoms. The number of aromatic nitrogens is 3. The molecule has 3 aromatic rings. The Kier molecular flexibility index (Phi) is 3.08. The molecule has 8 nitrogen and oxygen atoms in total. The summed E-state index contributed by atoms with van der Waals surface area (Å²) >= 11 is 0. The third-order valence-corrected chi connectivity index (χ3v) is 4.12. The van der Waals surface area contributed by atoms with Crippen LogP contribution in [-0.2, 0) is 0 Å². The maximum Gasteiger partial charge on any atom is 0.341 e. The number of hydrogen-bond donors (Lipinski definition) is 1. The number of carboxylic acids is 1. The Hall–Kier alpha value is -3.36. The highest BCUT2D eigenvalue weighted by atomic mass is 19.1. The second kappa shape index (κ2) is 5.07. The number of ether oxygens (including phenoxy) is 1. The Labute approximate surface area is 140 Å². The van der Waals surface area contributed by atoms with Crippen molar-refractivity contribution in [1.82, 2.24) is 14.2 Å². The summed E-state index contributed by atoms with van der Waals surface area (Å²) in [6.45, 7) is 1.83. The lowest BCUT2D eigenvalue weighted by Gasteiger charge is -2.31. The van der Waals surface area contributed by atoms with Gasteiger partial charge < -0.3 is 9.84 Å². The summed E-state index contributed by atoms with van der Waals surface area (Å²) < 4.78 is 23.4. The Bertz CT molecular complexity index is 1100. The van der Waals surface area contributed by atoms with Crippen LogP contribution < -0.4 is 15.2 Å². The molecule has 3 heterocycles. The Morgan fingerprint density at radius 2 is 2.16 bits per heavy atom. The highest BCUT2D eigenvalue weighted by Crippen LogP contribution is 2.36. The zero-order valence-electron chi connectivity index (χ0n) is 13.4. The van der Waals surface area contributed by atoms with Crippen molar-refractivity contribution in [2.45, 2.75) is 6.92 Å². The molecule has 1 N–H and O–H groups in total. The van der Waals surface area contributed by atoms with Gasteiger partial charge in [-0.2, -0.15) is 0 Å². The van der Waals surface area contributed by atoms with Gasteiger partial charge in [0.1, 0.15) is 16.8 Å². The lowest BCUT2D eigenvalue weighted by atomic mass is 10.1. The second-order valence-corrected chi connectivity index (χ2v) is 5.81. The van der Waals surface area contributed by atoms with E-state index >= 15 is 0 Å². The first-order valence-electron chi connectivity index (χ1n) is 7.39. The number of benzene rings is 1. The van der Waals surface area contributed by atoms with Gasteiger partial charge in [0.2, 0.25) is 5.43 Å². The maximum absolute atomic E-state index is 14.8. The fraction of sp³-hybridized carbons (Fsp3) is 0.188. The summed E-state index contributed by atoms with van der Waals surface area (Å²) in [4.78, 5) is 27.9. The largest absolute Gasteiger partial charge is 0.477 e. The van der Waals surface area contributed by atoms with Crippen LogP contribution >= 0.6 is 0 Å². The molecule has 0 aliphatic carbocycles. The minimum atomic E-state index is -1.37. The van der Waals surface area contributed by atoms with Crippen LogP contribution in [0.3, 0.4) is 0 Å². The molecule has 1 aliphatic rings. The smallest absolute Gasteiger partial charge is 0.341 e. The molecule has 2 aromatic heterocycles. The van der Waals surface area contributed by atoms with Crippen molar-refractivity contribution < 1.29 is 19.0 Å². The molecule has 0 spiro atoms. The number of aryl methyl sites for hydroxylation is 1. The van der Waals surface area contributed by atoms with Crippen LogP contribution in [0.15, 0.2) is 29.6 Å². The first-order valence-corrected chi connectivity index (χ1v) is 7.39. The summed E-state index contributed by atoms with van der Waals surface area (Å²) in [6, 6.07) is 1.04. The molecular formula is C16H13FN4O4. The predicted octanol–water partition coefficient (Wildman–Crippen LogP) is 1.25. The van der Waals surface area contributed by atoms with Gasteiger partial charge in [0.15, 0.2) is 18.3 Å². The normalized spacial score (nSPS) is 13.2. The molecule has 1 aliphatic heterocycles. The van der Waals surface area contributed by atoms with Gasteiger partial charge in [-0.25, -0.2) is 14.2 Å². The van der Waals surface area contributed by atoms with Crippen LogP contribution in [0.4, 0.5) is 4.39 Å². The number of aromatic carboxylic acids is 1. The van der Waals surface area contributed by atoms with Gasteiger partial charge in [0.05, 0.1) is 17.4 Å². The van der Waals surface area contributed by atoms with Crippen LogP contribution in [0, 0.1) is 12.7 Å². The van der Waals surface area contributed by atoms with Gasteiger partial charge in [-0.15, -0.1) is 0 Å². The third-order valence-electron chi connectivity index (χ3n) is 4.12. The minimum absolute atomic E-state index is 0.0560. The average molecular weight is 344 g/mol. The number of nitrogens with zero attached hydrogens (tertiary/aromatic N) is 4. The molecule has 128 valence electrons. The standard InChI is InChI=1S/C16H13FN4O4/c1-8-4-20(6-18-8)13-11(17)3-9-12-15(13)25-7-19(2)21(12)5-10(14(9)22)16(23)24/h3-6H,7H2,1-2H3,(H,23,24). The number of imidazole rings is 1. The number of carboxylic acid groups (broad SMARTS) is 1. The molecule has 0 saturated heterocycles. The van der Waals surface area contributed by atoms with E-state index in [2.05, 4.69) is 4.98 Å². The van der Waals surface area contributed by atoms with E-state index in [9.17, 15) is 19.1 Å². The van der Waals surface area contributed by atoms with Crippen molar-refractivity contribution in [3.8, 4) is 11.4 Å². The van der Waals surface area contributed by atoms with Crippen molar-refractivity contribution in [3.05, 3.63) is 52.1 Å². The summed E-state index contributed by atoms with van der Waals surface area (Å²) in [5, 5.41) is 10.8. The van der Waals surface area contributed by atoms with E-state index in [-0.39, 0.29) is 23.6 Å². The first-order chi connectivity index (χ1) is 11.9. The predicted molar refractivity (Wildman–Crippen MR) is 86.6 cm³/mol. The SMILES string of the molecule is Cc1cn(-c2c(F)cc3c(=O)c(C(=O)O)cn4c3c2OCN4C)cn1. The van der Waals surface area contributed by atoms with E-state index in [1.807, 2.05) is 0 Å². The van der Waals surface area contributed by atoms with E-state index in [1.165, 1.54) is 21.8 Å². The van der Waals surface area contributed by atoms with Crippen LogP contribution in [0.2, 0.25) is 0 Å². The van der Waals surface area contributed by atoms with Crippen LogP contribution in [0.25, 0.3) is 16.6 Å². The third kappa shape index (κ3) is 2.09. The Balaban J connectivity index is 2.17. The van der Waals surface area contributed by atoms with E-state index in [0.717, 1.165) is 6.07 Å². The molecule has 4 rings (SSSR count). The second-order valence-electron chi connectivity index (χ2n) is 5.81. The van der Waals surface area contributed by atoms with E-state index in [4.69, 9.17) is 4.74 Å². The fourth-order valence-corrected chi connectivity index (χ4v) is 2.96. The molecule has 0 unspecified atom stereocenters. The number of rotatable bonds is 2. The molecule has 25 heavy (non-hydrogen) atoms. The van der Waals surface area contributed by atoms with E-state index in [0.29, 0.717) is 11.2 Å². The number of hydrogen-bond acceptors (Lipinski definition) is 5. The van der Waals surface area contributed by atoms with Gasteiger partial charge >= 0.3 is 5.97 Å². The summed E-state index contributed by atoms with van der Waals surface area (Å²) in [5.41, 5.74) is -0.0637. The number of halogens is 1. The van der Waals surface area contributed by atoms with Crippen LogP contribution in [-0.4, -0.2) is 39.1 Å². The number of carbonyl (C=O) groups is 1. The van der Waals surface area contributed by atoms with Gasteiger partial charge in [-0.05, 0) is 13.0 Å². The summed E-state index contributed by atoms with van der Waals surface area (Å²) in [7, 11) is 1.67. The fourth-order valence-electron chi connectivity index (χ4n) is 2.96. The zero-order chi connectivity index (χ0) is 17.9. The topological polar surface area (TPSA) is 89.6 Å². The van der Waals surface area contributed by atoms with E-state index < -0.39 is 22.8 Å². The maximum atomic E-state index is 14.8. The molecular weight excluding hydrogens is 331 g/mol. The highest BCUT2D eigenvalue weighted by Gasteiger charge is 2.27. The monoisotopic (exact) mass is 344 g/mol. The quantitative estimate of drug-likeness (QED) is 0.753. The van der Waals surface area contributed by atoms with Gasteiger partial charge in [-0.3, -0.25) is 19.0 Å². The van der Waals surface area contributed by atoms with Crippen molar-refractivity contribution in [1.29, 1.82) is 0 Å². The lowest BCUT2D eigenvalue weighted by Crippen LogP contribution is -2.39.